The summed E-state index contributed by atoms with van der Waals surface area (Å²) in [6.07, 6.45) is 4.06. The van der Waals surface area contributed by atoms with E-state index in [2.05, 4.69) is 18.4 Å². The SMILES string of the molecule is CC1=CC=[C]SC1. The van der Waals surface area contributed by atoms with E-state index in [1.165, 1.54) is 5.57 Å². The molecule has 0 amide bonds. The van der Waals surface area contributed by atoms with Gasteiger partial charge in [0.1, 0.15) is 0 Å². The second kappa shape index (κ2) is 2.22. The van der Waals surface area contributed by atoms with Crippen LogP contribution < -0.4 is 0 Å². The van der Waals surface area contributed by atoms with Crippen molar-refractivity contribution in [3.63, 3.8) is 0 Å². The van der Waals surface area contributed by atoms with E-state index in [1.807, 2.05) is 6.08 Å². The largest absolute Gasteiger partial charge is 0.121 e. The highest BCUT2D eigenvalue weighted by Crippen LogP contribution is 2.12. The van der Waals surface area contributed by atoms with Crippen LogP contribution in [0.15, 0.2) is 17.7 Å². The molecular weight excluding hydrogens is 104 g/mol. The van der Waals surface area contributed by atoms with Crippen molar-refractivity contribution in [3.8, 4) is 0 Å². The molecule has 0 saturated heterocycles. The highest BCUT2D eigenvalue weighted by molar-refractivity contribution is 8.01. The maximum absolute atomic E-state index is 3.03. The molecule has 0 spiro atoms. The third-order valence-corrected chi connectivity index (χ3v) is 1.72. The first kappa shape index (κ1) is 4.98. The van der Waals surface area contributed by atoms with Crippen molar-refractivity contribution in [3.05, 3.63) is 23.1 Å². The lowest BCUT2D eigenvalue weighted by molar-refractivity contribution is 1.40. The molecule has 1 rings (SSSR count). The lowest BCUT2D eigenvalue weighted by atomic mass is 10.3. The van der Waals surface area contributed by atoms with E-state index >= 15 is 0 Å². The van der Waals surface area contributed by atoms with Crippen LogP contribution in [0.25, 0.3) is 0 Å². The quantitative estimate of drug-likeness (QED) is 0.460. The molecule has 0 bridgehead atoms. The monoisotopic (exact) mass is 111 g/mol. The van der Waals surface area contributed by atoms with Gasteiger partial charge in [-0.2, -0.15) is 0 Å². The minimum Gasteiger partial charge on any atom is -0.121 e. The second-order valence-electron chi connectivity index (χ2n) is 1.59. The molecule has 0 saturated carbocycles. The third kappa shape index (κ3) is 1.39. The van der Waals surface area contributed by atoms with Gasteiger partial charge in [0.05, 0.1) is 0 Å². The minimum atomic E-state index is 1.12. The molecule has 0 atom stereocenters. The van der Waals surface area contributed by atoms with Crippen LogP contribution in [-0.2, 0) is 0 Å². The number of hydrogen-bond acceptors (Lipinski definition) is 1. The zero-order chi connectivity index (χ0) is 5.11. The summed E-state index contributed by atoms with van der Waals surface area (Å²) in [5.74, 6) is 1.12. The maximum Gasteiger partial charge on any atom is 0.0211 e. The average Bonchev–Trinajstić information content (AvgIpc) is 1.69. The standard InChI is InChI=1S/C6H7S/c1-6-3-2-4-7-5-6/h2-3H,5H2,1H3. The molecule has 0 aromatic heterocycles. The van der Waals surface area contributed by atoms with Crippen molar-refractivity contribution in [2.24, 2.45) is 0 Å². The van der Waals surface area contributed by atoms with Gasteiger partial charge in [0.2, 0.25) is 0 Å². The normalized spacial score (nSPS) is 19.3. The Morgan fingerprint density at radius 1 is 1.86 bits per heavy atom. The number of rotatable bonds is 0. The predicted molar refractivity (Wildman–Crippen MR) is 34.0 cm³/mol. The van der Waals surface area contributed by atoms with Crippen LogP contribution in [0.1, 0.15) is 6.92 Å². The smallest absolute Gasteiger partial charge is 0.0211 e. The second-order valence-corrected chi connectivity index (χ2v) is 2.40. The maximum atomic E-state index is 3.03. The Morgan fingerprint density at radius 3 is 3.00 bits per heavy atom. The molecule has 1 heterocycles. The summed E-state index contributed by atoms with van der Waals surface area (Å²) in [6, 6.07) is 0. The fraction of sp³-hybridized carbons (Fsp3) is 0.333. The van der Waals surface area contributed by atoms with Crippen LogP contribution in [0.2, 0.25) is 0 Å². The van der Waals surface area contributed by atoms with E-state index in [4.69, 9.17) is 0 Å². The van der Waals surface area contributed by atoms with Crippen LogP contribution in [-0.4, -0.2) is 5.75 Å². The first-order valence-electron chi connectivity index (χ1n) is 2.26. The Morgan fingerprint density at radius 2 is 2.71 bits per heavy atom. The summed E-state index contributed by atoms with van der Waals surface area (Å²) in [5, 5.41) is 3.03. The van der Waals surface area contributed by atoms with Gasteiger partial charge in [0, 0.05) is 11.2 Å². The molecule has 1 aliphatic heterocycles. The highest BCUT2D eigenvalue weighted by atomic mass is 32.2. The zero-order valence-electron chi connectivity index (χ0n) is 4.27. The summed E-state index contributed by atoms with van der Waals surface area (Å²) >= 11 is 1.73. The Labute approximate surface area is 48.3 Å². The van der Waals surface area contributed by atoms with Gasteiger partial charge in [-0.15, -0.1) is 11.8 Å². The van der Waals surface area contributed by atoms with Crippen molar-refractivity contribution < 1.29 is 0 Å². The van der Waals surface area contributed by atoms with E-state index < -0.39 is 0 Å². The van der Waals surface area contributed by atoms with Crippen LogP contribution in [0.4, 0.5) is 0 Å². The van der Waals surface area contributed by atoms with Gasteiger partial charge in [-0.05, 0) is 13.0 Å². The van der Waals surface area contributed by atoms with Gasteiger partial charge >= 0.3 is 0 Å². The zero-order valence-corrected chi connectivity index (χ0v) is 5.09. The molecule has 0 aliphatic carbocycles. The van der Waals surface area contributed by atoms with Crippen LogP contribution in [0, 0.1) is 5.41 Å². The third-order valence-electron chi connectivity index (χ3n) is 0.819. The molecule has 0 aromatic rings. The van der Waals surface area contributed by atoms with Crippen LogP contribution >= 0.6 is 11.8 Å². The fourth-order valence-corrected chi connectivity index (χ4v) is 1.000. The molecule has 0 unspecified atom stereocenters. The summed E-state index contributed by atoms with van der Waals surface area (Å²) < 4.78 is 0. The molecule has 0 N–H and O–H groups in total. The van der Waals surface area contributed by atoms with E-state index in [1.54, 1.807) is 11.8 Å². The molecule has 0 aromatic carbocycles. The van der Waals surface area contributed by atoms with Gasteiger partial charge in [-0.1, -0.05) is 11.6 Å². The number of allylic oxidation sites excluding steroid dienone is 2. The van der Waals surface area contributed by atoms with Gasteiger partial charge in [0.15, 0.2) is 0 Å². The van der Waals surface area contributed by atoms with Crippen LogP contribution in [0.3, 0.4) is 0 Å². The van der Waals surface area contributed by atoms with Crippen molar-refractivity contribution in [1.29, 1.82) is 0 Å². The lowest BCUT2D eigenvalue weighted by Crippen LogP contribution is -1.81. The molecule has 1 aliphatic rings. The average molecular weight is 111 g/mol. The number of hydrogen-bond donors (Lipinski definition) is 0. The van der Waals surface area contributed by atoms with Gasteiger partial charge < -0.3 is 0 Å². The fourth-order valence-electron chi connectivity index (χ4n) is 0.428. The Bertz CT molecular complexity index is 111. The molecule has 0 fully saturated rings. The van der Waals surface area contributed by atoms with E-state index in [-0.39, 0.29) is 0 Å². The van der Waals surface area contributed by atoms with E-state index in [0.717, 1.165) is 5.75 Å². The molecule has 0 nitrogen and oxygen atoms in total. The van der Waals surface area contributed by atoms with Crippen LogP contribution in [0.5, 0.6) is 0 Å². The Balaban J connectivity index is 2.57. The first-order chi connectivity index (χ1) is 3.39. The molecule has 1 radical (unpaired) electrons. The molecule has 37 valence electrons. The first-order valence-corrected chi connectivity index (χ1v) is 3.24. The van der Waals surface area contributed by atoms with E-state index in [0.29, 0.717) is 0 Å². The van der Waals surface area contributed by atoms with Crippen molar-refractivity contribution in [2.75, 3.05) is 5.75 Å². The van der Waals surface area contributed by atoms with Crippen molar-refractivity contribution >= 4 is 11.8 Å². The molecule has 7 heavy (non-hydrogen) atoms. The predicted octanol–water partition coefficient (Wildman–Crippen LogP) is 2.00. The summed E-state index contributed by atoms with van der Waals surface area (Å²) in [5.41, 5.74) is 1.43. The summed E-state index contributed by atoms with van der Waals surface area (Å²) in [6.45, 7) is 2.13. The number of thioether (sulfide) groups is 1. The van der Waals surface area contributed by atoms with Gasteiger partial charge in [-0.3, -0.25) is 0 Å². The molecular formula is C6H7S. The van der Waals surface area contributed by atoms with Gasteiger partial charge in [0.25, 0.3) is 0 Å². The Hall–Kier alpha value is -0.170. The minimum absolute atomic E-state index is 1.12. The summed E-state index contributed by atoms with van der Waals surface area (Å²) in [7, 11) is 0. The van der Waals surface area contributed by atoms with Crippen molar-refractivity contribution in [2.45, 2.75) is 6.92 Å². The van der Waals surface area contributed by atoms with Crippen molar-refractivity contribution in [1.82, 2.24) is 0 Å². The van der Waals surface area contributed by atoms with Gasteiger partial charge in [-0.25, -0.2) is 0 Å². The summed E-state index contributed by atoms with van der Waals surface area (Å²) in [4.78, 5) is 0. The lowest BCUT2D eigenvalue weighted by Gasteiger charge is -1.97. The topological polar surface area (TPSA) is 0 Å². The molecule has 1 heteroatoms. The Kier molecular flexibility index (Phi) is 1.58. The highest BCUT2D eigenvalue weighted by Gasteiger charge is 1.89. The van der Waals surface area contributed by atoms with E-state index in [9.17, 15) is 0 Å².